The zero-order valence-electron chi connectivity index (χ0n) is 11.0. The van der Waals surface area contributed by atoms with Crippen molar-refractivity contribution in [2.24, 2.45) is 0 Å². The summed E-state index contributed by atoms with van der Waals surface area (Å²) in [5, 5.41) is 11.3. The van der Waals surface area contributed by atoms with E-state index in [-0.39, 0.29) is 5.91 Å². The second-order valence-electron chi connectivity index (χ2n) is 4.27. The van der Waals surface area contributed by atoms with Gasteiger partial charge in [0, 0.05) is 18.7 Å². The number of carbonyl (C=O) groups is 2. The summed E-state index contributed by atoms with van der Waals surface area (Å²) in [7, 11) is 3.86. The molecule has 1 amide bonds. The van der Waals surface area contributed by atoms with E-state index in [4.69, 9.17) is 9.84 Å². The maximum Gasteiger partial charge on any atom is 0.341 e. The van der Waals surface area contributed by atoms with Crippen molar-refractivity contribution in [3.8, 4) is 5.75 Å². The van der Waals surface area contributed by atoms with Crippen LogP contribution in [0.15, 0.2) is 24.3 Å². The molecule has 6 heteroatoms. The number of rotatable bonds is 7. The molecule has 0 aliphatic heterocycles. The smallest absolute Gasteiger partial charge is 0.341 e. The molecule has 0 heterocycles. The standard InChI is InChI=1S/C13H18N2O4/c1-15(2)8-7-14-13(18)10-3-5-11(6-4-10)19-9-12(16)17/h3-6H,7-9H2,1-2H3,(H,14,18)(H,16,17). The molecule has 0 saturated heterocycles. The van der Waals surface area contributed by atoms with Crippen molar-refractivity contribution in [3.05, 3.63) is 29.8 Å². The van der Waals surface area contributed by atoms with Crippen molar-refractivity contribution in [2.45, 2.75) is 0 Å². The van der Waals surface area contributed by atoms with Gasteiger partial charge >= 0.3 is 5.97 Å². The monoisotopic (exact) mass is 266 g/mol. The normalized spacial score (nSPS) is 10.3. The highest BCUT2D eigenvalue weighted by Crippen LogP contribution is 2.11. The van der Waals surface area contributed by atoms with E-state index in [2.05, 4.69) is 5.32 Å². The van der Waals surface area contributed by atoms with Gasteiger partial charge in [0.2, 0.25) is 0 Å². The third-order valence-electron chi connectivity index (χ3n) is 2.32. The third-order valence-corrected chi connectivity index (χ3v) is 2.32. The van der Waals surface area contributed by atoms with Crippen LogP contribution < -0.4 is 10.1 Å². The Labute approximate surface area is 112 Å². The van der Waals surface area contributed by atoms with Crippen LogP contribution in [0.25, 0.3) is 0 Å². The van der Waals surface area contributed by atoms with Crippen LogP contribution >= 0.6 is 0 Å². The summed E-state index contributed by atoms with van der Waals surface area (Å²) in [5.41, 5.74) is 0.515. The zero-order valence-corrected chi connectivity index (χ0v) is 11.0. The van der Waals surface area contributed by atoms with Crippen LogP contribution in [0.3, 0.4) is 0 Å². The van der Waals surface area contributed by atoms with E-state index >= 15 is 0 Å². The Bertz CT molecular complexity index is 429. The van der Waals surface area contributed by atoms with Gasteiger partial charge in [0.15, 0.2) is 6.61 Å². The molecule has 0 spiro atoms. The van der Waals surface area contributed by atoms with Crippen molar-refractivity contribution < 1.29 is 19.4 Å². The highest BCUT2D eigenvalue weighted by Gasteiger charge is 2.05. The van der Waals surface area contributed by atoms with Gasteiger partial charge in [-0.1, -0.05) is 0 Å². The van der Waals surface area contributed by atoms with Gasteiger partial charge < -0.3 is 20.1 Å². The molecule has 0 unspecified atom stereocenters. The van der Waals surface area contributed by atoms with Gasteiger partial charge in [-0.2, -0.15) is 0 Å². The summed E-state index contributed by atoms with van der Waals surface area (Å²) in [5.74, 6) is -0.774. The Kier molecular flexibility index (Phi) is 5.81. The Balaban J connectivity index is 2.46. The van der Waals surface area contributed by atoms with Crippen molar-refractivity contribution in [1.82, 2.24) is 10.2 Å². The minimum atomic E-state index is -1.04. The van der Waals surface area contributed by atoms with Crippen LogP contribution in [0.5, 0.6) is 5.75 Å². The Morgan fingerprint density at radius 1 is 1.26 bits per heavy atom. The van der Waals surface area contributed by atoms with Gasteiger partial charge in [0.1, 0.15) is 5.75 Å². The highest BCUT2D eigenvalue weighted by molar-refractivity contribution is 5.94. The lowest BCUT2D eigenvalue weighted by Crippen LogP contribution is -2.31. The first-order chi connectivity index (χ1) is 8.99. The van der Waals surface area contributed by atoms with E-state index in [1.54, 1.807) is 24.3 Å². The first-order valence-electron chi connectivity index (χ1n) is 5.86. The number of benzene rings is 1. The Morgan fingerprint density at radius 2 is 1.89 bits per heavy atom. The highest BCUT2D eigenvalue weighted by atomic mass is 16.5. The predicted molar refractivity (Wildman–Crippen MR) is 70.5 cm³/mol. The summed E-state index contributed by atoms with van der Waals surface area (Å²) >= 11 is 0. The summed E-state index contributed by atoms with van der Waals surface area (Å²) < 4.78 is 4.98. The second-order valence-corrected chi connectivity index (χ2v) is 4.27. The first-order valence-corrected chi connectivity index (χ1v) is 5.86. The minimum Gasteiger partial charge on any atom is -0.482 e. The van der Waals surface area contributed by atoms with Gasteiger partial charge in [0.05, 0.1) is 0 Å². The molecule has 19 heavy (non-hydrogen) atoms. The van der Waals surface area contributed by atoms with Crippen molar-refractivity contribution in [2.75, 3.05) is 33.8 Å². The number of ether oxygens (including phenoxy) is 1. The van der Waals surface area contributed by atoms with E-state index in [0.29, 0.717) is 17.9 Å². The Morgan fingerprint density at radius 3 is 2.42 bits per heavy atom. The molecular formula is C13H18N2O4. The number of nitrogens with zero attached hydrogens (tertiary/aromatic N) is 1. The summed E-state index contributed by atoms with van der Waals surface area (Å²) in [4.78, 5) is 24.0. The number of aliphatic carboxylic acids is 1. The molecule has 0 bridgehead atoms. The number of hydrogen-bond acceptors (Lipinski definition) is 4. The molecule has 6 nitrogen and oxygen atoms in total. The summed E-state index contributed by atoms with van der Waals surface area (Å²) in [6, 6.07) is 6.35. The lowest BCUT2D eigenvalue weighted by atomic mass is 10.2. The van der Waals surface area contributed by atoms with E-state index in [1.807, 2.05) is 19.0 Å². The molecule has 0 radical (unpaired) electrons. The Hall–Kier alpha value is -2.08. The largest absolute Gasteiger partial charge is 0.482 e. The van der Waals surface area contributed by atoms with E-state index in [0.717, 1.165) is 6.54 Å². The molecule has 0 saturated carbocycles. The molecule has 1 aromatic carbocycles. The van der Waals surface area contributed by atoms with Crippen molar-refractivity contribution >= 4 is 11.9 Å². The topological polar surface area (TPSA) is 78.9 Å². The van der Waals surface area contributed by atoms with Crippen molar-refractivity contribution in [1.29, 1.82) is 0 Å². The number of carbonyl (C=O) groups excluding carboxylic acids is 1. The number of amides is 1. The number of likely N-dealkylation sites (N-methyl/N-ethyl adjacent to an activating group) is 1. The fraction of sp³-hybridized carbons (Fsp3) is 0.385. The number of carboxylic acids is 1. The van der Waals surface area contributed by atoms with Crippen molar-refractivity contribution in [3.63, 3.8) is 0 Å². The van der Waals surface area contributed by atoms with Crippen LogP contribution in [0.1, 0.15) is 10.4 Å². The van der Waals surface area contributed by atoms with Gasteiger partial charge in [-0.15, -0.1) is 0 Å². The van der Waals surface area contributed by atoms with Gasteiger partial charge in [-0.25, -0.2) is 4.79 Å². The van der Waals surface area contributed by atoms with E-state index < -0.39 is 12.6 Å². The van der Waals surface area contributed by atoms with Gasteiger partial charge in [-0.3, -0.25) is 4.79 Å². The lowest BCUT2D eigenvalue weighted by Gasteiger charge is -2.10. The molecule has 0 fully saturated rings. The van der Waals surface area contributed by atoms with Crippen LogP contribution in [-0.2, 0) is 4.79 Å². The lowest BCUT2D eigenvalue weighted by molar-refractivity contribution is -0.139. The molecule has 104 valence electrons. The van der Waals surface area contributed by atoms with Gasteiger partial charge in [-0.05, 0) is 38.4 Å². The average molecular weight is 266 g/mol. The quantitative estimate of drug-likeness (QED) is 0.748. The summed E-state index contributed by atoms with van der Waals surface area (Å²) in [6.45, 7) is 0.947. The van der Waals surface area contributed by atoms with E-state index in [9.17, 15) is 9.59 Å². The van der Waals surface area contributed by atoms with Crippen LogP contribution in [0.2, 0.25) is 0 Å². The number of hydrogen-bond donors (Lipinski definition) is 2. The first kappa shape index (κ1) is 15.0. The zero-order chi connectivity index (χ0) is 14.3. The summed E-state index contributed by atoms with van der Waals surface area (Å²) in [6.07, 6.45) is 0. The predicted octanol–water partition coefficient (Wildman–Crippen LogP) is 0.441. The average Bonchev–Trinajstić information content (AvgIpc) is 2.36. The molecule has 0 aliphatic carbocycles. The third kappa shape index (κ3) is 5.87. The minimum absolute atomic E-state index is 0.161. The molecule has 0 aliphatic rings. The molecule has 0 aromatic heterocycles. The molecule has 2 N–H and O–H groups in total. The van der Waals surface area contributed by atoms with E-state index in [1.165, 1.54) is 0 Å². The fourth-order valence-electron chi connectivity index (χ4n) is 1.34. The maximum atomic E-state index is 11.7. The fourth-order valence-corrected chi connectivity index (χ4v) is 1.34. The van der Waals surface area contributed by atoms with Crippen LogP contribution in [0.4, 0.5) is 0 Å². The number of carboxylic acid groups (broad SMARTS) is 1. The molecule has 1 rings (SSSR count). The van der Waals surface area contributed by atoms with Crippen LogP contribution in [0, 0.1) is 0 Å². The molecular weight excluding hydrogens is 248 g/mol. The maximum absolute atomic E-state index is 11.7. The number of nitrogens with one attached hydrogen (secondary N) is 1. The van der Waals surface area contributed by atoms with Gasteiger partial charge in [0.25, 0.3) is 5.91 Å². The van der Waals surface area contributed by atoms with Crippen LogP contribution in [-0.4, -0.2) is 55.7 Å². The second kappa shape index (κ2) is 7.38. The molecule has 1 aromatic rings. The SMILES string of the molecule is CN(C)CCNC(=O)c1ccc(OCC(=O)O)cc1. The molecule has 0 atom stereocenters.